The van der Waals surface area contributed by atoms with Gasteiger partial charge in [-0.3, -0.25) is 4.79 Å². The summed E-state index contributed by atoms with van der Waals surface area (Å²) in [4.78, 5) is 12.8. The number of nitrogens with one attached hydrogen (secondary N) is 1. The van der Waals surface area contributed by atoms with Gasteiger partial charge in [0.15, 0.2) is 5.43 Å². The van der Waals surface area contributed by atoms with Crippen LogP contribution in [-0.4, -0.2) is 39.1 Å². The van der Waals surface area contributed by atoms with Crippen LogP contribution in [0.15, 0.2) is 92.2 Å². The van der Waals surface area contributed by atoms with E-state index in [9.17, 15) is 18.0 Å². The molecule has 11 heteroatoms. The Balaban J connectivity index is 1.02. The number of nitrogens with zero attached hydrogens (tertiary/aromatic N) is 2. The smallest absolute Gasteiger partial charge is 0.442 e. The van der Waals surface area contributed by atoms with E-state index in [1.165, 1.54) is 18.2 Å². The van der Waals surface area contributed by atoms with E-state index in [4.69, 9.17) is 25.1 Å². The second-order valence-corrected chi connectivity index (χ2v) is 9.33. The van der Waals surface area contributed by atoms with E-state index in [1.807, 2.05) is 0 Å². The molecule has 1 aliphatic heterocycles. The van der Waals surface area contributed by atoms with Crippen molar-refractivity contribution < 1.29 is 31.8 Å². The molecule has 0 amide bonds. The normalized spacial score (nSPS) is 13.6. The third-order valence-electron chi connectivity index (χ3n) is 6.47. The zero-order chi connectivity index (χ0) is 29.6. The monoisotopic (exact) mass is 577 g/mol. The minimum atomic E-state index is -4.53. The molecular weight excluding hydrogens is 551 g/mol. The first-order valence-corrected chi connectivity index (χ1v) is 13.1. The van der Waals surface area contributed by atoms with Crippen molar-refractivity contribution in [2.75, 3.05) is 33.0 Å². The molecule has 42 heavy (non-hydrogen) atoms. The summed E-state index contributed by atoms with van der Waals surface area (Å²) in [5.41, 5.74) is -0.662. The predicted octanol–water partition coefficient (Wildman–Crippen LogP) is 5.84. The Hall–Kier alpha value is -4.66. The van der Waals surface area contributed by atoms with Crippen LogP contribution in [-0.2, 0) is 16.9 Å². The highest BCUT2D eigenvalue weighted by Crippen LogP contribution is 2.52. The second kappa shape index (κ2) is 12.5. The van der Waals surface area contributed by atoms with Crippen molar-refractivity contribution in [1.82, 2.24) is 5.32 Å². The molecule has 0 aliphatic carbocycles. The molecule has 1 aromatic heterocycles. The number of alkyl halides is 3. The fourth-order valence-corrected chi connectivity index (χ4v) is 4.27. The standard InChI is InChI=1S/C31H26F3N3O5/c1-2-15-41-26-4-3-5-27-29(26)25(38)19-28(42-27)22-8-12-24(13-9-22)40-18-17-39-16-14-35-20-21-6-10-23(11-7-21)30(36-37-30)31(32,33)34/h1,3-13,19,35H,14-18,20H2. The van der Waals surface area contributed by atoms with Crippen LogP contribution in [0.1, 0.15) is 11.1 Å². The van der Waals surface area contributed by atoms with Crippen molar-refractivity contribution in [3.63, 3.8) is 0 Å². The molecular formula is C31H26F3N3O5. The number of ether oxygens (including phenoxy) is 3. The van der Waals surface area contributed by atoms with E-state index in [2.05, 4.69) is 21.5 Å². The molecule has 0 unspecified atom stereocenters. The number of benzene rings is 3. The van der Waals surface area contributed by atoms with Crippen LogP contribution in [0.25, 0.3) is 22.3 Å². The summed E-state index contributed by atoms with van der Waals surface area (Å²) < 4.78 is 62.0. The first-order valence-electron chi connectivity index (χ1n) is 13.1. The van der Waals surface area contributed by atoms with Gasteiger partial charge in [-0.1, -0.05) is 36.3 Å². The number of terminal acetylenes is 1. The SMILES string of the molecule is C#CCOc1cccc2oc(-c3ccc(OCCOCCNCc4ccc(C5(C(F)(F)F)N=N5)cc4)cc3)cc(=O)c12. The van der Waals surface area contributed by atoms with Crippen LogP contribution in [0.3, 0.4) is 0 Å². The van der Waals surface area contributed by atoms with E-state index >= 15 is 0 Å². The summed E-state index contributed by atoms with van der Waals surface area (Å²) in [6.45, 7) is 2.23. The predicted molar refractivity (Wildman–Crippen MR) is 149 cm³/mol. The Kier molecular flexibility index (Phi) is 8.56. The summed E-state index contributed by atoms with van der Waals surface area (Å²) in [5.74, 6) is 3.81. The first-order chi connectivity index (χ1) is 20.3. The molecule has 0 radical (unpaired) electrons. The van der Waals surface area contributed by atoms with Crippen molar-refractivity contribution in [2.45, 2.75) is 18.4 Å². The van der Waals surface area contributed by atoms with Gasteiger partial charge in [-0.15, -0.1) is 16.7 Å². The number of rotatable bonds is 13. The number of hydrogen-bond donors (Lipinski definition) is 1. The van der Waals surface area contributed by atoms with Gasteiger partial charge in [0.25, 0.3) is 0 Å². The summed E-state index contributed by atoms with van der Waals surface area (Å²) >= 11 is 0. The van der Waals surface area contributed by atoms with Crippen molar-refractivity contribution in [1.29, 1.82) is 0 Å². The largest absolute Gasteiger partial charge is 0.491 e. The van der Waals surface area contributed by atoms with Gasteiger partial charge in [-0.05, 0) is 42.0 Å². The minimum Gasteiger partial charge on any atom is -0.491 e. The van der Waals surface area contributed by atoms with E-state index < -0.39 is 11.8 Å². The second-order valence-electron chi connectivity index (χ2n) is 9.33. The number of halogens is 3. The van der Waals surface area contributed by atoms with Gasteiger partial charge in [0.05, 0.1) is 13.2 Å². The highest BCUT2D eigenvalue weighted by Gasteiger charge is 2.65. The Morgan fingerprint density at radius 1 is 0.952 bits per heavy atom. The summed E-state index contributed by atoms with van der Waals surface area (Å²) in [6, 6.07) is 19.7. The topological polar surface area (TPSA) is 94.7 Å². The lowest BCUT2D eigenvalue weighted by atomic mass is 10.0. The van der Waals surface area contributed by atoms with Crippen molar-refractivity contribution in [2.24, 2.45) is 10.2 Å². The van der Waals surface area contributed by atoms with Crippen molar-refractivity contribution in [3.8, 4) is 35.2 Å². The summed E-state index contributed by atoms with van der Waals surface area (Å²) in [7, 11) is 0. The van der Waals surface area contributed by atoms with Crippen LogP contribution in [0.2, 0.25) is 0 Å². The molecule has 0 bridgehead atoms. The molecule has 216 valence electrons. The maximum Gasteiger partial charge on any atom is 0.442 e. The molecule has 4 aromatic rings. The van der Waals surface area contributed by atoms with Gasteiger partial charge in [-0.2, -0.15) is 13.2 Å². The van der Waals surface area contributed by atoms with Crippen LogP contribution in [0.4, 0.5) is 13.2 Å². The minimum absolute atomic E-state index is 0.0125. The first kappa shape index (κ1) is 28.9. The van der Waals surface area contributed by atoms with Gasteiger partial charge >= 0.3 is 11.8 Å². The molecule has 5 rings (SSSR count). The Morgan fingerprint density at radius 2 is 1.71 bits per heavy atom. The van der Waals surface area contributed by atoms with Gasteiger partial charge in [0.2, 0.25) is 0 Å². The molecule has 0 saturated heterocycles. The van der Waals surface area contributed by atoms with Gasteiger partial charge < -0.3 is 23.9 Å². The molecule has 2 heterocycles. The fraction of sp³-hybridized carbons (Fsp3) is 0.258. The summed E-state index contributed by atoms with van der Waals surface area (Å²) in [6.07, 6.45) is 0.723. The third kappa shape index (κ3) is 6.46. The fourth-order valence-electron chi connectivity index (χ4n) is 4.27. The van der Waals surface area contributed by atoms with Crippen LogP contribution < -0.4 is 20.2 Å². The van der Waals surface area contributed by atoms with E-state index in [-0.39, 0.29) is 17.6 Å². The van der Waals surface area contributed by atoms with E-state index in [0.717, 1.165) is 5.56 Å². The zero-order valence-electron chi connectivity index (χ0n) is 22.3. The van der Waals surface area contributed by atoms with Gasteiger partial charge in [-0.25, -0.2) is 0 Å². The molecule has 3 aromatic carbocycles. The van der Waals surface area contributed by atoms with Gasteiger partial charge in [0, 0.05) is 30.3 Å². The lowest BCUT2D eigenvalue weighted by molar-refractivity contribution is -0.166. The third-order valence-corrected chi connectivity index (χ3v) is 6.47. The van der Waals surface area contributed by atoms with Crippen LogP contribution in [0, 0.1) is 12.3 Å². The molecule has 0 spiro atoms. The van der Waals surface area contributed by atoms with Crippen LogP contribution >= 0.6 is 0 Å². The molecule has 0 saturated carbocycles. The van der Waals surface area contributed by atoms with Crippen LogP contribution in [0.5, 0.6) is 11.5 Å². The average molecular weight is 578 g/mol. The summed E-state index contributed by atoms with van der Waals surface area (Å²) in [5, 5.41) is 9.94. The maximum atomic E-state index is 13.1. The quantitative estimate of drug-likeness (QED) is 0.159. The molecule has 1 N–H and O–H groups in total. The Morgan fingerprint density at radius 3 is 2.40 bits per heavy atom. The molecule has 0 atom stereocenters. The molecule has 8 nitrogen and oxygen atoms in total. The Bertz CT molecular complexity index is 1650. The Labute approximate surface area is 239 Å². The highest BCUT2D eigenvalue weighted by atomic mass is 19.4. The average Bonchev–Trinajstić information content (AvgIpc) is 3.81. The van der Waals surface area contributed by atoms with E-state index in [0.29, 0.717) is 66.7 Å². The lowest BCUT2D eigenvalue weighted by Crippen LogP contribution is -2.30. The lowest BCUT2D eigenvalue weighted by Gasteiger charge is -2.15. The maximum absolute atomic E-state index is 13.1. The van der Waals surface area contributed by atoms with Crippen molar-refractivity contribution in [3.05, 3.63) is 94.1 Å². The highest BCUT2D eigenvalue weighted by molar-refractivity contribution is 5.84. The van der Waals surface area contributed by atoms with Crippen molar-refractivity contribution >= 4 is 11.0 Å². The van der Waals surface area contributed by atoms with Gasteiger partial charge in [0.1, 0.15) is 41.4 Å². The number of fused-ring (bicyclic) bond motifs is 1. The van der Waals surface area contributed by atoms with E-state index in [1.54, 1.807) is 54.6 Å². The molecule has 0 fully saturated rings. The number of hydrogen-bond acceptors (Lipinski definition) is 8. The zero-order valence-corrected chi connectivity index (χ0v) is 22.3. The molecule has 1 aliphatic rings.